The highest BCUT2D eigenvalue weighted by Gasteiger charge is 2.31. The zero-order valence-corrected chi connectivity index (χ0v) is 8.88. The molecule has 0 radical (unpaired) electrons. The highest BCUT2D eigenvalue weighted by atomic mass is 16.7. The predicted molar refractivity (Wildman–Crippen MR) is 57.2 cm³/mol. The van der Waals surface area contributed by atoms with Crippen LogP contribution in [0.25, 0.3) is 0 Å². The number of hydrogen-bond acceptors (Lipinski definition) is 3. The number of nitrogens with one attached hydrogen (secondary N) is 1. The van der Waals surface area contributed by atoms with E-state index < -0.39 is 0 Å². The van der Waals surface area contributed by atoms with Crippen molar-refractivity contribution in [1.29, 1.82) is 0 Å². The van der Waals surface area contributed by atoms with Crippen molar-refractivity contribution < 1.29 is 9.47 Å². The molecule has 0 aromatic heterocycles. The lowest BCUT2D eigenvalue weighted by Gasteiger charge is -2.25. The molecule has 1 aromatic carbocycles. The van der Waals surface area contributed by atoms with Gasteiger partial charge in [-0.3, -0.25) is 0 Å². The Balaban J connectivity index is 1.98. The van der Waals surface area contributed by atoms with Crippen LogP contribution in [-0.4, -0.2) is 13.3 Å². The van der Waals surface area contributed by atoms with Gasteiger partial charge in [0.2, 0.25) is 6.79 Å². The molecule has 2 aliphatic heterocycles. The predicted octanol–water partition coefficient (Wildman–Crippen LogP) is 2.01. The Kier molecular flexibility index (Phi) is 1.89. The zero-order valence-electron chi connectivity index (χ0n) is 8.88. The summed E-state index contributed by atoms with van der Waals surface area (Å²) >= 11 is 0. The van der Waals surface area contributed by atoms with Crippen LogP contribution in [0.15, 0.2) is 18.2 Å². The largest absolute Gasteiger partial charge is 0.454 e. The summed E-state index contributed by atoms with van der Waals surface area (Å²) in [4.78, 5) is 0. The highest BCUT2D eigenvalue weighted by molar-refractivity contribution is 5.46. The second-order valence-electron chi connectivity index (χ2n) is 4.43. The van der Waals surface area contributed by atoms with Crippen LogP contribution < -0.4 is 14.8 Å². The summed E-state index contributed by atoms with van der Waals surface area (Å²) in [5.41, 5.74) is 1.41. The normalized spacial score (nSPS) is 28.3. The minimum Gasteiger partial charge on any atom is -0.454 e. The van der Waals surface area contributed by atoms with Crippen LogP contribution in [0.1, 0.15) is 25.3 Å². The third-order valence-electron chi connectivity index (χ3n) is 3.38. The number of benzene rings is 1. The Labute approximate surface area is 89.4 Å². The first-order valence-electron chi connectivity index (χ1n) is 5.43. The first-order valence-corrected chi connectivity index (χ1v) is 5.43. The standard InChI is InChI=1S/C12H15NO2/c1-12(5-2-6-13-12)9-3-4-10-11(7-9)15-8-14-10/h3-4,7,13H,2,5-6,8H2,1H3. The fraction of sp³-hybridized carbons (Fsp3) is 0.500. The van der Waals surface area contributed by atoms with Gasteiger partial charge in [-0.2, -0.15) is 0 Å². The molecule has 1 atom stereocenters. The van der Waals surface area contributed by atoms with Gasteiger partial charge in [0.05, 0.1) is 0 Å². The molecular weight excluding hydrogens is 190 g/mol. The highest BCUT2D eigenvalue weighted by Crippen LogP contribution is 2.38. The molecule has 1 fully saturated rings. The van der Waals surface area contributed by atoms with E-state index in [9.17, 15) is 0 Å². The van der Waals surface area contributed by atoms with Crippen LogP contribution in [0.5, 0.6) is 11.5 Å². The molecule has 0 spiro atoms. The summed E-state index contributed by atoms with van der Waals surface area (Å²) in [6.45, 7) is 3.70. The smallest absolute Gasteiger partial charge is 0.231 e. The van der Waals surface area contributed by atoms with E-state index in [-0.39, 0.29) is 5.54 Å². The molecule has 1 aromatic rings. The minimum absolute atomic E-state index is 0.112. The summed E-state index contributed by atoms with van der Waals surface area (Å²) in [5.74, 6) is 1.74. The van der Waals surface area contributed by atoms with E-state index in [1.54, 1.807) is 0 Å². The molecule has 3 heteroatoms. The fourth-order valence-corrected chi connectivity index (χ4v) is 2.38. The molecule has 80 valence electrons. The van der Waals surface area contributed by atoms with E-state index in [4.69, 9.17) is 9.47 Å². The van der Waals surface area contributed by atoms with Gasteiger partial charge in [-0.25, -0.2) is 0 Å². The summed E-state index contributed by atoms with van der Waals surface area (Å²) in [7, 11) is 0. The van der Waals surface area contributed by atoms with E-state index in [0.717, 1.165) is 18.0 Å². The van der Waals surface area contributed by atoms with Gasteiger partial charge >= 0.3 is 0 Å². The Hall–Kier alpha value is -1.22. The first kappa shape index (κ1) is 9.04. The number of hydrogen-bond donors (Lipinski definition) is 1. The van der Waals surface area contributed by atoms with E-state index in [1.807, 2.05) is 6.07 Å². The van der Waals surface area contributed by atoms with Crippen LogP contribution in [-0.2, 0) is 5.54 Å². The lowest BCUT2D eigenvalue weighted by Crippen LogP contribution is -2.32. The molecular formula is C12H15NO2. The van der Waals surface area contributed by atoms with Crippen molar-refractivity contribution in [3.63, 3.8) is 0 Å². The summed E-state index contributed by atoms with van der Waals surface area (Å²) < 4.78 is 10.7. The molecule has 1 N–H and O–H groups in total. The van der Waals surface area contributed by atoms with Crippen molar-refractivity contribution in [3.8, 4) is 11.5 Å². The monoisotopic (exact) mass is 205 g/mol. The second kappa shape index (κ2) is 3.14. The van der Waals surface area contributed by atoms with Crippen molar-refractivity contribution in [2.24, 2.45) is 0 Å². The topological polar surface area (TPSA) is 30.5 Å². The Morgan fingerprint density at radius 2 is 2.13 bits per heavy atom. The van der Waals surface area contributed by atoms with Crippen molar-refractivity contribution in [2.75, 3.05) is 13.3 Å². The van der Waals surface area contributed by atoms with Gasteiger partial charge in [-0.1, -0.05) is 6.07 Å². The number of ether oxygens (including phenoxy) is 2. The van der Waals surface area contributed by atoms with Gasteiger partial charge in [0.1, 0.15) is 0 Å². The molecule has 0 amide bonds. The second-order valence-corrected chi connectivity index (χ2v) is 4.43. The third kappa shape index (κ3) is 1.38. The molecule has 2 aliphatic rings. The maximum atomic E-state index is 5.39. The van der Waals surface area contributed by atoms with Gasteiger partial charge in [-0.15, -0.1) is 0 Å². The SMILES string of the molecule is CC1(c2ccc3c(c2)OCO3)CCCN1. The summed E-state index contributed by atoms with van der Waals surface area (Å²) in [6, 6.07) is 6.23. The van der Waals surface area contributed by atoms with E-state index in [2.05, 4.69) is 24.4 Å². The van der Waals surface area contributed by atoms with Gasteiger partial charge in [0, 0.05) is 5.54 Å². The molecule has 1 saturated heterocycles. The quantitative estimate of drug-likeness (QED) is 0.760. The lowest BCUT2D eigenvalue weighted by molar-refractivity contribution is 0.174. The summed E-state index contributed by atoms with van der Waals surface area (Å²) in [5, 5.41) is 3.54. The number of rotatable bonds is 1. The van der Waals surface area contributed by atoms with E-state index >= 15 is 0 Å². The fourth-order valence-electron chi connectivity index (χ4n) is 2.38. The van der Waals surface area contributed by atoms with Gasteiger partial charge in [-0.05, 0) is 44.0 Å². The van der Waals surface area contributed by atoms with Crippen LogP contribution >= 0.6 is 0 Å². The van der Waals surface area contributed by atoms with E-state index in [0.29, 0.717) is 6.79 Å². The van der Waals surface area contributed by atoms with Gasteiger partial charge in [0.15, 0.2) is 11.5 Å². The average Bonchev–Trinajstić information content (AvgIpc) is 2.85. The lowest BCUT2D eigenvalue weighted by atomic mass is 9.90. The maximum Gasteiger partial charge on any atom is 0.231 e. The molecule has 0 aliphatic carbocycles. The van der Waals surface area contributed by atoms with Crippen molar-refractivity contribution in [3.05, 3.63) is 23.8 Å². The Bertz CT molecular complexity index is 383. The summed E-state index contributed by atoms with van der Waals surface area (Å²) in [6.07, 6.45) is 2.43. The van der Waals surface area contributed by atoms with Crippen molar-refractivity contribution in [1.82, 2.24) is 5.32 Å². The third-order valence-corrected chi connectivity index (χ3v) is 3.38. The van der Waals surface area contributed by atoms with Gasteiger partial charge < -0.3 is 14.8 Å². The maximum absolute atomic E-state index is 5.39. The molecule has 3 nitrogen and oxygen atoms in total. The molecule has 2 heterocycles. The molecule has 0 saturated carbocycles. The first-order chi connectivity index (χ1) is 7.28. The average molecular weight is 205 g/mol. The minimum atomic E-state index is 0.112. The van der Waals surface area contributed by atoms with Crippen molar-refractivity contribution >= 4 is 0 Å². The molecule has 3 rings (SSSR count). The molecule has 15 heavy (non-hydrogen) atoms. The van der Waals surface area contributed by atoms with E-state index in [1.165, 1.54) is 18.4 Å². The Morgan fingerprint density at radius 3 is 2.93 bits per heavy atom. The molecule has 0 bridgehead atoms. The van der Waals surface area contributed by atoms with Crippen LogP contribution in [0.3, 0.4) is 0 Å². The zero-order chi connectivity index (χ0) is 10.3. The van der Waals surface area contributed by atoms with Crippen LogP contribution in [0.4, 0.5) is 0 Å². The molecule has 1 unspecified atom stereocenters. The number of fused-ring (bicyclic) bond motifs is 1. The Morgan fingerprint density at radius 1 is 1.27 bits per heavy atom. The van der Waals surface area contributed by atoms with Crippen LogP contribution in [0, 0.1) is 0 Å². The van der Waals surface area contributed by atoms with Crippen molar-refractivity contribution in [2.45, 2.75) is 25.3 Å². The van der Waals surface area contributed by atoms with Gasteiger partial charge in [0.25, 0.3) is 0 Å². The van der Waals surface area contributed by atoms with Crippen LogP contribution in [0.2, 0.25) is 0 Å².